The van der Waals surface area contributed by atoms with E-state index in [0.29, 0.717) is 18.7 Å². The second kappa shape index (κ2) is 10.6. The maximum atomic E-state index is 12.9. The summed E-state index contributed by atoms with van der Waals surface area (Å²) in [4.78, 5) is 14.6. The number of halogens is 3. The minimum atomic E-state index is -4.39. The average Bonchev–Trinajstić information content (AvgIpc) is 2.81. The highest BCUT2D eigenvalue weighted by molar-refractivity contribution is 5.83. The molecule has 3 nitrogen and oxygen atoms in total. The number of aryl methyl sites for hydroxylation is 1. The van der Waals surface area contributed by atoms with E-state index < -0.39 is 17.8 Å². The second-order valence-electron chi connectivity index (χ2n) is 8.22. The Morgan fingerprint density at radius 2 is 1.52 bits per heavy atom. The summed E-state index contributed by atoms with van der Waals surface area (Å²) in [6.07, 6.45) is -4.31. The molecule has 3 aromatic carbocycles. The summed E-state index contributed by atoms with van der Waals surface area (Å²) in [7, 11) is 1.76. The molecular weight excluding hydrogens is 427 g/mol. The van der Waals surface area contributed by atoms with E-state index in [2.05, 4.69) is 0 Å². The van der Waals surface area contributed by atoms with Crippen LogP contribution in [0.25, 0.3) is 0 Å². The van der Waals surface area contributed by atoms with Crippen molar-refractivity contribution >= 4 is 5.91 Å². The van der Waals surface area contributed by atoms with Crippen LogP contribution in [0.3, 0.4) is 0 Å². The molecule has 0 unspecified atom stereocenters. The van der Waals surface area contributed by atoms with Crippen LogP contribution in [0.15, 0.2) is 78.9 Å². The molecule has 0 spiro atoms. The zero-order valence-corrected chi connectivity index (χ0v) is 19.0. The van der Waals surface area contributed by atoms with Crippen LogP contribution < -0.4 is 4.74 Å². The highest BCUT2D eigenvalue weighted by atomic mass is 19.4. The molecule has 3 rings (SSSR count). The van der Waals surface area contributed by atoms with Crippen LogP contribution in [0.5, 0.6) is 5.75 Å². The van der Waals surface area contributed by atoms with Crippen molar-refractivity contribution in [2.75, 3.05) is 13.6 Å². The number of rotatable bonds is 8. The van der Waals surface area contributed by atoms with E-state index in [1.54, 1.807) is 11.9 Å². The van der Waals surface area contributed by atoms with E-state index in [0.717, 1.165) is 28.8 Å². The zero-order valence-electron chi connectivity index (χ0n) is 19.0. The van der Waals surface area contributed by atoms with Gasteiger partial charge in [0.25, 0.3) is 0 Å². The summed E-state index contributed by atoms with van der Waals surface area (Å²) in [5, 5.41) is 0. The first-order valence-electron chi connectivity index (χ1n) is 10.9. The van der Waals surface area contributed by atoms with Gasteiger partial charge in [0.15, 0.2) is 0 Å². The van der Waals surface area contributed by atoms with Crippen LogP contribution in [0.1, 0.15) is 47.6 Å². The van der Waals surface area contributed by atoms with Crippen molar-refractivity contribution in [1.29, 1.82) is 0 Å². The number of alkyl halides is 3. The maximum absolute atomic E-state index is 12.9. The lowest BCUT2D eigenvalue weighted by molar-refractivity contribution is -0.137. The molecule has 0 saturated carbocycles. The molecule has 0 aliphatic rings. The van der Waals surface area contributed by atoms with Crippen molar-refractivity contribution < 1.29 is 22.7 Å². The van der Waals surface area contributed by atoms with Gasteiger partial charge in [-0.3, -0.25) is 4.79 Å². The molecule has 0 radical (unpaired) electrons. The van der Waals surface area contributed by atoms with Gasteiger partial charge in [-0.2, -0.15) is 13.2 Å². The van der Waals surface area contributed by atoms with Gasteiger partial charge in [0.1, 0.15) is 11.9 Å². The lowest BCUT2D eigenvalue weighted by Gasteiger charge is -2.25. The Morgan fingerprint density at radius 3 is 2.09 bits per heavy atom. The largest absolute Gasteiger partial charge is 0.486 e. The summed E-state index contributed by atoms with van der Waals surface area (Å²) in [5.41, 5.74) is 2.27. The van der Waals surface area contributed by atoms with Crippen LogP contribution in [0, 0.1) is 6.92 Å². The molecule has 0 aliphatic carbocycles. The lowest BCUT2D eigenvalue weighted by Crippen LogP contribution is -2.32. The fourth-order valence-electron chi connectivity index (χ4n) is 3.60. The topological polar surface area (TPSA) is 29.5 Å². The number of ether oxygens (including phenoxy) is 1. The average molecular weight is 456 g/mol. The van der Waals surface area contributed by atoms with Gasteiger partial charge in [0, 0.05) is 20.0 Å². The number of likely N-dealkylation sites (N-methyl/N-ethyl adjacent to an activating group) is 1. The molecule has 3 aromatic rings. The van der Waals surface area contributed by atoms with Gasteiger partial charge in [-0.15, -0.1) is 0 Å². The van der Waals surface area contributed by atoms with Crippen LogP contribution in [-0.2, 0) is 11.0 Å². The summed E-state index contributed by atoms with van der Waals surface area (Å²) in [6, 6.07) is 22.0. The van der Waals surface area contributed by atoms with Crippen LogP contribution in [0.2, 0.25) is 0 Å². The van der Waals surface area contributed by atoms with Gasteiger partial charge >= 0.3 is 6.18 Å². The van der Waals surface area contributed by atoms with Crippen molar-refractivity contribution in [3.05, 3.63) is 101 Å². The third kappa shape index (κ3) is 6.60. The van der Waals surface area contributed by atoms with Gasteiger partial charge in [-0.25, -0.2) is 0 Å². The number of amides is 1. The van der Waals surface area contributed by atoms with E-state index >= 15 is 0 Å². The maximum Gasteiger partial charge on any atom is 0.416 e. The normalized spacial score (nSPS) is 13.3. The minimum Gasteiger partial charge on any atom is -0.486 e. The summed E-state index contributed by atoms with van der Waals surface area (Å²) in [5.74, 6) is 0.0701. The number of nitrogens with zero attached hydrogens (tertiary/aromatic N) is 1. The van der Waals surface area contributed by atoms with Crippen molar-refractivity contribution in [3.63, 3.8) is 0 Å². The van der Waals surface area contributed by atoms with Gasteiger partial charge in [-0.05, 0) is 49.2 Å². The monoisotopic (exact) mass is 455 g/mol. The number of benzene rings is 3. The van der Waals surface area contributed by atoms with Crippen LogP contribution in [-0.4, -0.2) is 24.4 Å². The standard InChI is InChI=1S/C27H28F3NO2/c1-19-9-11-21(12-10-19)20(2)26(32)31(3)18-17-25(22-7-5-4-6-8-22)33-24-15-13-23(14-16-24)27(28,29)30/h4-16,20,25H,17-18H2,1-3H3/t20-,25+/m0/s1. The Kier molecular flexibility index (Phi) is 7.79. The third-order valence-electron chi connectivity index (χ3n) is 5.68. The number of hydrogen-bond acceptors (Lipinski definition) is 2. The van der Waals surface area contributed by atoms with Gasteiger partial charge in [0.05, 0.1) is 11.5 Å². The summed E-state index contributed by atoms with van der Waals surface area (Å²) in [6.45, 7) is 4.33. The predicted molar refractivity (Wildman–Crippen MR) is 123 cm³/mol. The molecule has 2 atom stereocenters. The third-order valence-corrected chi connectivity index (χ3v) is 5.68. The molecule has 0 heterocycles. The summed E-state index contributed by atoms with van der Waals surface area (Å²) < 4.78 is 44.6. The Labute approximate surface area is 192 Å². The van der Waals surface area contributed by atoms with E-state index in [9.17, 15) is 18.0 Å². The van der Waals surface area contributed by atoms with Crippen LogP contribution in [0.4, 0.5) is 13.2 Å². The molecule has 0 fully saturated rings. The zero-order chi connectivity index (χ0) is 24.0. The Balaban J connectivity index is 1.69. The first-order chi connectivity index (χ1) is 15.6. The Morgan fingerprint density at radius 1 is 0.909 bits per heavy atom. The molecule has 0 bridgehead atoms. The van der Waals surface area contributed by atoms with Crippen LogP contribution >= 0.6 is 0 Å². The molecule has 0 aliphatic heterocycles. The van der Waals surface area contributed by atoms with Gasteiger partial charge in [0.2, 0.25) is 5.91 Å². The molecule has 0 saturated heterocycles. The first-order valence-corrected chi connectivity index (χ1v) is 10.9. The number of carbonyl (C=O) groups excluding carboxylic acids is 1. The fraction of sp³-hybridized carbons (Fsp3) is 0.296. The molecule has 6 heteroatoms. The quantitative estimate of drug-likeness (QED) is 0.374. The highest BCUT2D eigenvalue weighted by Gasteiger charge is 2.30. The molecular formula is C27H28F3NO2. The number of carbonyl (C=O) groups is 1. The van der Waals surface area contributed by atoms with Crippen molar-refractivity contribution in [2.24, 2.45) is 0 Å². The fourth-order valence-corrected chi connectivity index (χ4v) is 3.60. The second-order valence-corrected chi connectivity index (χ2v) is 8.22. The summed E-state index contributed by atoms with van der Waals surface area (Å²) >= 11 is 0. The first kappa shape index (κ1) is 24.4. The molecule has 0 aromatic heterocycles. The van der Waals surface area contributed by atoms with Crippen molar-refractivity contribution in [3.8, 4) is 5.75 Å². The lowest BCUT2D eigenvalue weighted by atomic mass is 9.98. The minimum absolute atomic E-state index is 0.000180. The SMILES string of the molecule is Cc1ccc([C@H](C)C(=O)N(C)CC[C@@H](Oc2ccc(C(F)(F)F)cc2)c2ccccc2)cc1. The van der Waals surface area contributed by atoms with E-state index in [-0.39, 0.29) is 11.8 Å². The Hall–Kier alpha value is -3.28. The molecule has 0 N–H and O–H groups in total. The van der Waals surface area contributed by atoms with Crippen molar-refractivity contribution in [2.45, 2.75) is 38.5 Å². The Bertz CT molecular complexity index is 1030. The van der Waals surface area contributed by atoms with E-state index in [4.69, 9.17) is 4.74 Å². The van der Waals surface area contributed by atoms with Gasteiger partial charge < -0.3 is 9.64 Å². The smallest absolute Gasteiger partial charge is 0.416 e. The predicted octanol–water partition coefficient (Wildman–Crippen LogP) is 6.79. The highest BCUT2D eigenvalue weighted by Crippen LogP contribution is 2.32. The van der Waals surface area contributed by atoms with Gasteiger partial charge in [-0.1, -0.05) is 60.2 Å². The molecule has 1 amide bonds. The molecule has 174 valence electrons. The van der Waals surface area contributed by atoms with E-state index in [1.807, 2.05) is 68.4 Å². The number of hydrogen-bond donors (Lipinski definition) is 0. The van der Waals surface area contributed by atoms with E-state index in [1.165, 1.54) is 12.1 Å². The van der Waals surface area contributed by atoms with Crippen molar-refractivity contribution in [1.82, 2.24) is 4.90 Å². The molecule has 33 heavy (non-hydrogen) atoms.